The highest BCUT2D eigenvalue weighted by Crippen LogP contribution is 2.25. The average molecular weight is 375 g/mol. The number of rotatable bonds is 7. The van der Waals surface area contributed by atoms with E-state index in [1.165, 1.54) is 0 Å². The molecule has 0 saturated heterocycles. The number of allylic oxidation sites excluding steroid dienone is 2. The molecule has 1 heterocycles. The van der Waals surface area contributed by atoms with Crippen molar-refractivity contribution >= 4 is 5.97 Å². The number of aromatic carboxylic acids is 1. The fourth-order valence-corrected chi connectivity index (χ4v) is 3.03. The second-order valence-corrected chi connectivity index (χ2v) is 7.02. The van der Waals surface area contributed by atoms with Gasteiger partial charge in [-0.2, -0.15) is 5.10 Å². The van der Waals surface area contributed by atoms with Crippen molar-refractivity contribution in [1.29, 1.82) is 0 Å². The van der Waals surface area contributed by atoms with E-state index < -0.39 is 5.97 Å². The van der Waals surface area contributed by atoms with Gasteiger partial charge in [-0.05, 0) is 29.7 Å². The molecule has 1 N–H and O–H groups in total. The molecule has 0 radical (unpaired) electrons. The van der Waals surface area contributed by atoms with Crippen LogP contribution in [-0.4, -0.2) is 25.8 Å². The van der Waals surface area contributed by atoms with E-state index in [4.69, 9.17) is 4.98 Å². The Hall–Kier alpha value is -3.21. The fraction of sp³-hybridized carbons (Fsp3) is 0.261. The predicted octanol–water partition coefficient (Wildman–Crippen LogP) is 4.93. The van der Waals surface area contributed by atoms with E-state index >= 15 is 0 Å². The second-order valence-electron chi connectivity index (χ2n) is 7.02. The minimum atomic E-state index is -0.919. The summed E-state index contributed by atoms with van der Waals surface area (Å²) in [7, 11) is 0. The van der Waals surface area contributed by atoms with Crippen molar-refractivity contribution in [2.75, 3.05) is 0 Å². The van der Waals surface area contributed by atoms with Gasteiger partial charge in [-0.3, -0.25) is 0 Å². The molecule has 144 valence electrons. The van der Waals surface area contributed by atoms with E-state index in [-0.39, 0.29) is 5.92 Å². The zero-order chi connectivity index (χ0) is 20.1. The van der Waals surface area contributed by atoms with E-state index in [0.717, 1.165) is 28.3 Å². The zero-order valence-corrected chi connectivity index (χ0v) is 16.5. The number of benzene rings is 2. The van der Waals surface area contributed by atoms with Crippen LogP contribution >= 0.6 is 0 Å². The maximum absolute atomic E-state index is 11.5. The molecule has 3 aromatic rings. The van der Waals surface area contributed by atoms with Crippen molar-refractivity contribution in [2.45, 2.75) is 39.7 Å². The first-order valence-corrected chi connectivity index (χ1v) is 9.46. The van der Waals surface area contributed by atoms with Crippen LogP contribution in [0.4, 0.5) is 0 Å². The Morgan fingerprint density at radius 2 is 1.86 bits per heavy atom. The molecular weight excluding hydrogens is 350 g/mol. The minimum absolute atomic E-state index is 0.278. The van der Waals surface area contributed by atoms with Crippen molar-refractivity contribution < 1.29 is 9.90 Å². The Morgan fingerprint density at radius 3 is 2.50 bits per heavy atom. The van der Waals surface area contributed by atoms with Crippen LogP contribution in [0.15, 0.2) is 60.7 Å². The quantitative estimate of drug-likeness (QED) is 0.594. The molecule has 0 amide bonds. The average Bonchev–Trinajstić information content (AvgIpc) is 3.10. The van der Waals surface area contributed by atoms with Gasteiger partial charge >= 0.3 is 5.97 Å². The highest BCUT2D eigenvalue weighted by molar-refractivity contribution is 5.95. The molecule has 0 bridgehead atoms. The summed E-state index contributed by atoms with van der Waals surface area (Å²) in [5.41, 5.74) is 3.03. The second kappa shape index (κ2) is 8.65. The van der Waals surface area contributed by atoms with Crippen LogP contribution in [0.25, 0.3) is 11.1 Å². The van der Waals surface area contributed by atoms with Crippen LogP contribution in [-0.2, 0) is 13.0 Å². The Kier molecular flexibility index (Phi) is 6.04. The van der Waals surface area contributed by atoms with Crippen molar-refractivity contribution in [3.8, 4) is 11.1 Å². The molecular formula is C23H25N3O2. The van der Waals surface area contributed by atoms with Crippen LogP contribution < -0.4 is 0 Å². The SMILES string of the molecule is C/C=C/Cn1nc(C(C)C)nc1Cc1ccc(-c2ccccc2C(=O)O)cc1. The summed E-state index contributed by atoms with van der Waals surface area (Å²) in [6, 6.07) is 15.0. The minimum Gasteiger partial charge on any atom is -0.478 e. The van der Waals surface area contributed by atoms with Gasteiger partial charge in [0, 0.05) is 12.3 Å². The van der Waals surface area contributed by atoms with E-state index in [1.54, 1.807) is 12.1 Å². The lowest BCUT2D eigenvalue weighted by atomic mass is 9.98. The highest BCUT2D eigenvalue weighted by Gasteiger charge is 2.14. The lowest BCUT2D eigenvalue weighted by Crippen LogP contribution is -2.05. The number of hydrogen-bond donors (Lipinski definition) is 1. The Bertz CT molecular complexity index is 985. The van der Waals surface area contributed by atoms with Crippen LogP contribution in [0.3, 0.4) is 0 Å². The smallest absolute Gasteiger partial charge is 0.336 e. The Balaban J connectivity index is 1.86. The molecule has 28 heavy (non-hydrogen) atoms. The van der Waals surface area contributed by atoms with Gasteiger partial charge in [-0.25, -0.2) is 14.5 Å². The number of carbonyl (C=O) groups is 1. The topological polar surface area (TPSA) is 68.0 Å². The number of nitrogens with zero attached hydrogens (tertiary/aromatic N) is 3. The molecule has 0 aliphatic rings. The number of aromatic nitrogens is 3. The van der Waals surface area contributed by atoms with Crippen LogP contribution in [0, 0.1) is 0 Å². The molecule has 0 saturated carbocycles. The predicted molar refractivity (Wildman–Crippen MR) is 111 cm³/mol. The fourth-order valence-electron chi connectivity index (χ4n) is 3.03. The molecule has 5 nitrogen and oxygen atoms in total. The summed E-state index contributed by atoms with van der Waals surface area (Å²) >= 11 is 0. The van der Waals surface area contributed by atoms with Crippen molar-refractivity contribution in [3.05, 3.63) is 83.5 Å². The summed E-state index contributed by atoms with van der Waals surface area (Å²) < 4.78 is 1.95. The van der Waals surface area contributed by atoms with Gasteiger partial charge in [0.25, 0.3) is 0 Å². The van der Waals surface area contributed by atoms with E-state index in [2.05, 4.69) is 25.0 Å². The van der Waals surface area contributed by atoms with Crippen molar-refractivity contribution in [2.24, 2.45) is 0 Å². The van der Waals surface area contributed by atoms with Crippen LogP contribution in [0.2, 0.25) is 0 Å². The number of carboxylic acid groups (broad SMARTS) is 1. The van der Waals surface area contributed by atoms with Gasteiger partial charge in [0.1, 0.15) is 5.82 Å². The van der Waals surface area contributed by atoms with E-state index in [0.29, 0.717) is 18.5 Å². The Morgan fingerprint density at radius 1 is 1.14 bits per heavy atom. The third-order valence-electron chi connectivity index (χ3n) is 4.58. The molecule has 0 spiro atoms. The van der Waals surface area contributed by atoms with Crippen LogP contribution in [0.1, 0.15) is 54.3 Å². The first kappa shape index (κ1) is 19.5. The van der Waals surface area contributed by atoms with Gasteiger partial charge in [0.2, 0.25) is 0 Å². The lowest BCUT2D eigenvalue weighted by molar-refractivity contribution is 0.0697. The van der Waals surface area contributed by atoms with Gasteiger partial charge in [0.15, 0.2) is 5.82 Å². The van der Waals surface area contributed by atoms with Crippen LogP contribution in [0.5, 0.6) is 0 Å². The molecule has 0 aliphatic carbocycles. The molecule has 1 aromatic heterocycles. The molecule has 0 atom stereocenters. The monoisotopic (exact) mass is 375 g/mol. The maximum atomic E-state index is 11.5. The summed E-state index contributed by atoms with van der Waals surface area (Å²) in [6.07, 6.45) is 4.75. The highest BCUT2D eigenvalue weighted by atomic mass is 16.4. The molecule has 0 unspecified atom stereocenters. The van der Waals surface area contributed by atoms with Gasteiger partial charge in [-0.1, -0.05) is 68.5 Å². The van der Waals surface area contributed by atoms with Gasteiger partial charge in [-0.15, -0.1) is 0 Å². The lowest BCUT2D eigenvalue weighted by Gasteiger charge is -2.08. The Labute approximate surface area is 165 Å². The third-order valence-corrected chi connectivity index (χ3v) is 4.58. The van der Waals surface area contributed by atoms with Crippen molar-refractivity contribution in [1.82, 2.24) is 14.8 Å². The molecule has 2 aromatic carbocycles. The maximum Gasteiger partial charge on any atom is 0.336 e. The van der Waals surface area contributed by atoms with E-state index in [1.807, 2.05) is 54.1 Å². The largest absolute Gasteiger partial charge is 0.478 e. The standard InChI is InChI=1S/C23H25N3O2/c1-4-5-14-26-21(24-22(25-26)16(2)3)15-17-10-12-18(13-11-17)19-8-6-7-9-20(19)23(27)28/h4-13,16H,14-15H2,1-3H3,(H,27,28)/b5-4+. The van der Waals surface area contributed by atoms with Crippen molar-refractivity contribution in [3.63, 3.8) is 0 Å². The van der Waals surface area contributed by atoms with E-state index in [9.17, 15) is 9.90 Å². The summed E-state index contributed by atoms with van der Waals surface area (Å²) in [5, 5.41) is 14.0. The number of carboxylic acids is 1. The molecule has 0 fully saturated rings. The summed E-state index contributed by atoms with van der Waals surface area (Å²) in [4.78, 5) is 16.2. The summed E-state index contributed by atoms with van der Waals surface area (Å²) in [6.45, 7) is 6.88. The third kappa shape index (κ3) is 4.36. The molecule has 3 rings (SSSR count). The number of hydrogen-bond acceptors (Lipinski definition) is 3. The molecule has 5 heteroatoms. The normalized spacial score (nSPS) is 11.4. The first-order chi connectivity index (χ1) is 13.5. The first-order valence-electron chi connectivity index (χ1n) is 9.46. The van der Waals surface area contributed by atoms with Gasteiger partial charge < -0.3 is 5.11 Å². The zero-order valence-electron chi connectivity index (χ0n) is 16.5. The summed E-state index contributed by atoms with van der Waals surface area (Å²) in [5.74, 6) is 1.14. The van der Waals surface area contributed by atoms with Gasteiger partial charge in [0.05, 0.1) is 12.1 Å². The molecule has 0 aliphatic heterocycles.